The maximum absolute atomic E-state index is 12.9. The number of hydrogen-bond acceptors (Lipinski definition) is 6. The summed E-state index contributed by atoms with van der Waals surface area (Å²) < 4.78 is 13.6. The lowest BCUT2D eigenvalue weighted by molar-refractivity contribution is -0.117. The molecule has 8 nitrogen and oxygen atoms in total. The van der Waals surface area contributed by atoms with Crippen LogP contribution in [0.25, 0.3) is 0 Å². The highest BCUT2D eigenvalue weighted by atomic mass is 35.5. The molecule has 40 heavy (non-hydrogen) atoms. The Balaban J connectivity index is 1.69. The number of hydrogen-bond donors (Lipinski definition) is 1. The Kier molecular flexibility index (Phi) is 9.52. The average molecular weight is 577 g/mol. The third-order valence-corrected chi connectivity index (χ3v) is 8.85. The molecule has 0 aliphatic rings. The highest BCUT2D eigenvalue weighted by Crippen LogP contribution is 2.36. The average Bonchev–Trinajstić information content (AvgIpc) is 3.34. The SMILES string of the molecule is CCOC(=O)c1cc(C(O[SiH](c2ccccc2)c2ccccc2)C(C)(C)C)nn1CC(=O)Nc1ccc(Cl)cn1. The van der Waals surface area contributed by atoms with Gasteiger partial charge in [-0.15, -0.1) is 0 Å². The summed E-state index contributed by atoms with van der Waals surface area (Å²) in [6.45, 7) is 7.92. The van der Waals surface area contributed by atoms with Crippen LogP contribution in [0.3, 0.4) is 0 Å². The number of carbonyl (C=O) groups is 2. The van der Waals surface area contributed by atoms with Crippen molar-refractivity contribution in [2.45, 2.75) is 40.3 Å². The number of pyridine rings is 1. The van der Waals surface area contributed by atoms with E-state index in [4.69, 9.17) is 25.9 Å². The lowest BCUT2D eigenvalue weighted by Gasteiger charge is -2.33. The summed E-state index contributed by atoms with van der Waals surface area (Å²) in [5.41, 5.74) is 0.346. The van der Waals surface area contributed by atoms with E-state index in [0.29, 0.717) is 16.5 Å². The van der Waals surface area contributed by atoms with E-state index in [2.05, 4.69) is 55.3 Å². The molecule has 2 aromatic carbocycles. The lowest BCUT2D eigenvalue weighted by Crippen LogP contribution is -2.47. The second-order valence-electron chi connectivity index (χ2n) is 10.3. The van der Waals surface area contributed by atoms with Crippen LogP contribution in [-0.4, -0.2) is 42.3 Å². The number of rotatable bonds is 10. The Hall–Kier alpha value is -3.79. The smallest absolute Gasteiger partial charge is 0.356 e. The van der Waals surface area contributed by atoms with Crippen molar-refractivity contribution in [2.24, 2.45) is 5.41 Å². The van der Waals surface area contributed by atoms with Crippen molar-refractivity contribution >= 4 is 48.7 Å². The zero-order chi connectivity index (χ0) is 28.7. The van der Waals surface area contributed by atoms with E-state index in [1.807, 2.05) is 36.4 Å². The minimum atomic E-state index is -2.17. The summed E-state index contributed by atoms with van der Waals surface area (Å²) in [5.74, 6) is -0.620. The van der Waals surface area contributed by atoms with Gasteiger partial charge in [0, 0.05) is 6.20 Å². The first-order valence-corrected chi connectivity index (χ1v) is 15.1. The van der Waals surface area contributed by atoms with E-state index >= 15 is 0 Å². The quantitative estimate of drug-likeness (QED) is 0.222. The number of nitrogens with one attached hydrogen (secondary N) is 1. The number of halogens is 1. The molecule has 0 bridgehead atoms. The van der Waals surface area contributed by atoms with Gasteiger partial charge in [0.25, 0.3) is 0 Å². The molecule has 0 radical (unpaired) electrons. The second kappa shape index (κ2) is 13.0. The van der Waals surface area contributed by atoms with Gasteiger partial charge in [-0.1, -0.05) is 93.0 Å². The molecule has 0 aliphatic heterocycles. The van der Waals surface area contributed by atoms with Crippen molar-refractivity contribution < 1.29 is 18.8 Å². The molecule has 0 saturated heterocycles. The summed E-state index contributed by atoms with van der Waals surface area (Å²) in [6.07, 6.45) is 0.971. The van der Waals surface area contributed by atoms with Gasteiger partial charge in [-0.05, 0) is 40.9 Å². The number of aromatic nitrogens is 3. The zero-order valence-corrected chi connectivity index (χ0v) is 24.9. The normalized spacial score (nSPS) is 12.2. The summed E-state index contributed by atoms with van der Waals surface area (Å²) in [6, 6.07) is 25.2. The first-order chi connectivity index (χ1) is 19.2. The first-order valence-electron chi connectivity index (χ1n) is 13.1. The lowest BCUT2D eigenvalue weighted by atomic mass is 9.87. The van der Waals surface area contributed by atoms with Crippen LogP contribution in [0.15, 0.2) is 85.1 Å². The van der Waals surface area contributed by atoms with Crippen LogP contribution in [0, 0.1) is 5.41 Å². The Morgan fingerprint density at radius 2 is 1.62 bits per heavy atom. The van der Waals surface area contributed by atoms with Crippen LogP contribution in [0.1, 0.15) is 50.0 Å². The van der Waals surface area contributed by atoms with Gasteiger partial charge in [0.2, 0.25) is 14.9 Å². The molecule has 4 aromatic rings. The minimum absolute atomic E-state index is 0.173. The molecule has 1 amide bonds. The molecule has 4 rings (SSSR count). The maximum atomic E-state index is 12.9. The zero-order valence-electron chi connectivity index (χ0n) is 23.0. The number of benzene rings is 2. The fourth-order valence-electron chi connectivity index (χ4n) is 4.28. The van der Waals surface area contributed by atoms with Crippen LogP contribution in [0.2, 0.25) is 5.02 Å². The van der Waals surface area contributed by atoms with Gasteiger partial charge < -0.3 is 14.5 Å². The molecule has 2 heterocycles. The standard InChI is InChI=1S/C30H33ClN4O4Si/c1-5-38-29(37)25-18-24(34-35(25)20-27(36)33-26-17-16-21(31)19-32-26)28(30(2,3)4)39-40(22-12-8-6-9-13-22)23-14-10-7-11-15-23/h6-19,28,40H,5,20H2,1-4H3,(H,32,33,36). The molecular weight excluding hydrogens is 544 g/mol. The second-order valence-corrected chi connectivity index (χ2v) is 13.1. The molecule has 1 atom stereocenters. The fraction of sp³-hybridized carbons (Fsp3) is 0.267. The van der Waals surface area contributed by atoms with Crippen molar-refractivity contribution in [3.8, 4) is 0 Å². The van der Waals surface area contributed by atoms with Crippen LogP contribution < -0.4 is 15.7 Å². The molecule has 208 valence electrons. The van der Waals surface area contributed by atoms with Crippen molar-refractivity contribution in [3.63, 3.8) is 0 Å². The predicted octanol–water partition coefficient (Wildman–Crippen LogP) is 4.39. The van der Waals surface area contributed by atoms with Gasteiger partial charge in [0.1, 0.15) is 18.1 Å². The van der Waals surface area contributed by atoms with Crippen LogP contribution >= 0.6 is 11.6 Å². The van der Waals surface area contributed by atoms with Gasteiger partial charge in [0.15, 0.2) is 0 Å². The number of ether oxygens (including phenoxy) is 1. The minimum Gasteiger partial charge on any atom is -0.461 e. The topological polar surface area (TPSA) is 95.3 Å². The summed E-state index contributed by atoms with van der Waals surface area (Å²) in [5, 5.41) is 10.2. The van der Waals surface area contributed by atoms with Crippen molar-refractivity contribution in [1.29, 1.82) is 0 Å². The first kappa shape index (κ1) is 29.2. The van der Waals surface area contributed by atoms with Crippen molar-refractivity contribution in [2.75, 3.05) is 11.9 Å². The number of anilines is 1. The number of carbonyl (C=O) groups excluding carboxylic acids is 2. The monoisotopic (exact) mass is 576 g/mol. The highest BCUT2D eigenvalue weighted by molar-refractivity contribution is 6.80. The molecule has 1 unspecified atom stereocenters. The van der Waals surface area contributed by atoms with E-state index in [-0.39, 0.29) is 24.3 Å². The molecule has 0 spiro atoms. The fourth-order valence-corrected chi connectivity index (χ4v) is 7.06. The van der Waals surface area contributed by atoms with Crippen molar-refractivity contribution in [1.82, 2.24) is 14.8 Å². The van der Waals surface area contributed by atoms with Gasteiger partial charge >= 0.3 is 5.97 Å². The summed E-state index contributed by atoms with van der Waals surface area (Å²) in [4.78, 5) is 29.9. The molecule has 2 aromatic heterocycles. The number of amides is 1. The molecule has 0 aliphatic carbocycles. The molecule has 10 heteroatoms. The van der Waals surface area contributed by atoms with Gasteiger partial charge in [-0.3, -0.25) is 4.79 Å². The third-order valence-electron chi connectivity index (χ3n) is 6.10. The number of nitrogens with zero attached hydrogens (tertiary/aromatic N) is 3. The number of esters is 1. The van der Waals surface area contributed by atoms with Gasteiger partial charge in [-0.2, -0.15) is 5.10 Å². The van der Waals surface area contributed by atoms with Crippen LogP contribution in [-0.2, 0) is 20.5 Å². The van der Waals surface area contributed by atoms with Gasteiger partial charge in [0.05, 0.1) is 23.4 Å². The van der Waals surface area contributed by atoms with Crippen LogP contribution in [0.5, 0.6) is 0 Å². The largest absolute Gasteiger partial charge is 0.461 e. The van der Waals surface area contributed by atoms with E-state index in [9.17, 15) is 9.59 Å². The highest BCUT2D eigenvalue weighted by Gasteiger charge is 2.35. The van der Waals surface area contributed by atoms with E-state index in [1.54, 1.807) is 25.1 Å². The van der Waals surface area contributed by atoms with Gasteiger partial charge in [-0.25, -0.2) is 14.5 Å². The molecule has 1 N–H and O–H groups in total. The Morgan fingerprint density at radius 1 is 1.00 bits per heavy atom. The van der Waals surface area contributed by atoms with E-state index in [0.717, 1.165) is 10.4 Å². The molecular formula is C30H33ClN4O4Si. The van der Waals surface area contributed by atoms with E-state index < -0.39 is 27.0 Å². The van der Waals surface area contributed by atoms with E-state index in [1.165, 1.54) is 10.9 Å². The van der Waals surface area contributed by atoms with Crippen LogP contribution in [0.4, 0.5) is 5.82 Å². The predicted molar refractivity (Wildman–Crippen MR) is 159 cm³/mol. The maximum Gasteiger partial charge on any atom is 0.356 e. The molecule has 0 fully saturated rings. The Morgan fingerprint density at radius 3 is 2.15 bits per heavy atom. The van der Waals surface area contributed by atoms with Crippen molar-refractivity contribution in [3.05, 3.63) is 101 Å². The third kappa shape index (κ3) is 7.44. The Labute approximate surface area is 241 Å². The summed E-state index contributed by atoms with van der Waals surface area (Å²) in [7, 11) is -2.17. The molecule has 0 saturated carbocycles. The summed E-state index contributed by atoms with van der Waals surface area (Å²) >= 11 is 5.90. The Bertz CT molecular complexity index is 1380.